The number of nitrogens with zero attached hydrogens (tertiary/aromatic N) is 1. The molecule has 0 amide bonds. The Morgan fingerprint density at radius 3 is 3.14 bits per heavy atom. The average Bonchev–Trinajstić information content (AvgIpc) is 2.65. The van der Waals surface area contributed by atoms with E-state index < -0.39 is 5.60 Å². The number of aliphatic hydroxyl groups is 1. The fraction of sp³-hybridized carbons (Fsp3) is 0.500. The first kappa shape index (κ1) is 9.96. The van der Waals surface area contributed by atoms with E-state index in [1.54, 1.807) is 18.0 Å². The summed E-state index contributed by atoms with van der Waals surface area (Å²) in [5.74, 6) is 0.719. The normalized spacial score (nSPS) is 26.6. The van der Waals surface area contributed by atoms with E-state index in [0.29, 0.717) is 6.54 Å². The SMILES string of the molecule is O[C@@]1(CSc2ccccn2)CCNC1. The lowest BCUT2D eigenvalue weighted by atomic mass is 10.1. The molecule has 1 atom stereocenters. The van der Waals surface area contributed by atoms with Gasteiger partial charge in [0.1, 0.15) is 0 Å². The summed E-state index contributed by atoms with van der Waals surface area (Å²) in [5.41, 5.74) is -0.539. The van der Waals surface area contributed by atoms with Crippen LogP contribution in [0.15, 0.2) is 29.4 Å². The van der Waals surface area contributed by atoms with E-state index in [4.69, 9.17) is 0 Å². The van der Waals surface area contributed by atoms with Crippen molar-refractivity contribution in [1.82, 2.24) is 10.3 Å². The van der Waals surface area contributed by atoms with Gasteiger partial charge < -0.3 is 10.4 Å². The minimum absolute atomic E-state index is 0.539. The molecule has 4 heteroatoms. The van der Waals surface area contributed by atoms with E-state index in [1.165, 1.54) is 0 Å². The van der Waals surface area contributed by atoms with Crippen molar-refractivity contribution < 1.29 is 5.11 Å². The molecule has 76 valence electrons. The number of hydrogen-bond donors (Lipinski definition) is 2. The van der Waals surface area contributed by atoms with Crippen molar-refractivity contribution in [2.24, 2.45) is 0 Å². The Morgan fingerprint density at radius 1 is 1.57 bits per heavy atom. The fourth-order valence-electron chi connectivity index (χ4n) is 1.49. The Labute approximate surface area is 87.9 Å². The van der Waals surface area contributed by atoms with Gasteiger partial charge in [-0.05, 0) is 25.1 Å². The van der Waals surface area contributed by atoms with E-state index in [9.17, 15) is 5.11 Å². The summed E-state index contributed by atoms with van der Waals surface area (Å²) in [5, 5.41) is 14.2. The van der Waals surface area contributed by atoms with Crippen LogP contribution in [0, 0.1) is 0 Å². The number of rotatable bonds is 3. The molecule has 0 saturated carbocycles. The minimum Gasteiger partial charge on any atom is -0.388 e. The molecule has 14 heavy (non-hydrogen) atoms. The Bertz CT molecular complexity index is 285. The van der Waals surface area contributed by atoms with Gasteiger partial charge in [-0.25, -0.2) is 4.98 Å². The third kappa shape index (κ3) is 2.47. The van der Waals surface area contributed by atoms with Gasteiger partial charge in [0.15, 0.2) is 0 Å². The molecule has 2 rings (SSSR count). The van der Waals surface area contributed by atoms with Crippen LogP contribution in [0.5, 0.6) is 0 Å². The van der Waals surface area contributed by atoms with Crippen LogP contribution in [0.3, 0.4) is 0 Å². The monoisotopic (exact) mass is 210 g/mol. The van der Waals surface area contributed by atoms with Gasteiger partial charge in [0.05, 0.1) is 10.6 Å². The first-order chi connectivity index (χ1) is 6.79. The molecule has 2 heterocycles. The first-order valence-corrected chi connectivity index (χ1v) is 5.74. The molecule has 1 aromatic heterocycles. The zero-order valence-corrected chi connectivity index (χ0v) is 8.76. The van der Waals surface area contributed by atoms with Crippen molar-refractivity contribution in [1.29, 1.82) is 0 Å². The topological polar surface area (TPSA) is 45.2 Å². The van der Waals surface area contributed by atoms with Gasteiger partial charge >= 0.3 is 0 Å². The molecule has 0 spiro atoms. The van der Waals surface area contributed by atoms with Crippen LogP contribution in [0.4, 0.5) is 0 Å². The fourth-order valence-corrected chi connectivity index (χ4v) is 2.47. The molecule has 0 bridgehead atoms. The summed E-state index contributed by atoms with van der Waals surface area (Å²) in [6, 6.07) is 5.83. The van der Waals surface area contributed by atoms with Gasteiger partial charge in [0.2, 0.25) is 0 Å². The summed E-state index contributed by atoms with van der Waals surface area (Å²) >= 11 is 1.62. The summed E-state index contributed by atoms with van der Waals surface area (Å²) in [4.78, 5) is 4.20. The maximum atomic E-state index is 10.0. The van der Waals surface area contributed by atoms with Crippen molar-refractivity contribution in [3.63, 3.8) is 0 Å². The summed E-state index contributed by atoms with van der Waals surface area (Å²) in [7, 11) is 0. The van der Waals surface area contributed by atoms with E-state index in [1.807, 2.05) is 18.2 Å². The Hall–Kier alpha value is -0.580. The maximum Gasteiger partial charge on any atom is 0.0960 e. The highest BCUT2D eigenvalue weighted by atomic mass is 32.2. The lowest BCUT2D eigenvalue weighted by Crippen LogP contribution is -2.34. The second kappa shape index (κ2) is 4.29. The Balaban J connectivity index is 1.88. The van der Waals surface area contributed by atoms with Gasteiger partial charge in [-0.1, -0.05) is 6.07 Å². The molecule has 0 unspecified atom stereocenters. The van der Waals surface area contributed by atoms with Crippen molar-refractivity contribution in [2.75, 3.05) is 18.8 Å². The van der Waals surface area contributed by atoms with Gasteiger partial charge in [-0.3, -0.25) is 0 Å². The highest BCUT2D eigenvalue weighted by Gasteiger charge is 2.30. The van der Waals surface area contributed by atoms with Crippen LogP contribution in [-0.4, -0.2) is 34.5 Å². The second-order valence-corrected chi connectivity index (χ2v) is 4.60. The molecule has 2 N–H and O–H groups in total. The molecule has 1 saturated heterocycles. The summed E-state index contributed by atoms with van der Waals surface area (Å²) in [6.07, 6.45) is 2.62. The Kier molecular flexibility index (Phi) is 3.05. The predicted octanol–water partition coefficient (Wildman–Crippen LogP) is 0.898. The smallest absolute Gasteiger partial charge is 0.0960 e. The number of nitrogens with one attached hydrogen (secondary N) is 1. The number of pyridine rings is 1. The third-order valence-corrected chi connectivity index (χ3v) is 3.57. The van der Waals surface area contributed by atoms with Crippen LogP contribution in [0.2, 0.25) is 0 Å². The van der Waals surface area contributed by atoms with E-state index >= 15 is 0 Å². The molecule has 0 aliphatic carbocycles. The summed E-state index contributed by atoms with van der Waals surface area (Å²) < 4.78 is 0. The zero-order valence-electron chi connectivity index (χ0n) is 7.94. The second-order valence-electron chi connectivity index (χ2n) is 3.61. The first-order valence-electron chi connectivity index (χ1n) is 4.75. The number of β-amino-alcohol motifs (C(OH)–C–C–N with tert-alkyl or cyclic N) is 1. The molecular formula is C10H14N2OS. The number of hydrogen-bond acceptors (Lipinski definition) is 4. The van der Waals surface area contributed by atoms with Crippen molar-refractivity contribution in [3.8, 4) is 0 Å². The molecule has 0 radical (unpaired) electrons. The molecular weight excluding hydrogens is 196 g/mol. The van der Waals surface area contributed by atoms with Crippen molar-refractivity contribution in [2.45, 2.75) is 17.0 Å². The van der Waals surface area contributed by atoms with Gasteiger partial charge in [-0.2, -0.15) is 0 Å². The molecule has 0 aromatic carbocycles. The lowest BCUT2D eigenvalue weighted by molar-refractivity contribution is 0.0871. The number of aromatic nitrogens is 1. The summed E-state index contributed by atoms with van der Waals surface area (Å²) in [6.45, 7) is 1.62. The quantitative estimate of drug-likeness (QED) is 0.728. The average molecular weight is 210 g/mol. The van der Waals surface area contributed by atoms with Crippen LogP contribution in [-0.2, 0) is 0 Å². The molecule has 1 aliphatic heterocycles. The van der Waals surface area contributed by atoms with Crippen molar-refractivity contribution in [3.05, 3.63) is 24.4 Å². The van der Waals surface area contributed by atoms with E-state index in [0.717, 1.165) is 23.7 Å². The number of thioether (sulfide) groups is 1. The van der Waals surface area contributed by atoms with Gasteiger partial charge in [0.25, 0.3) is 0 Å². The van der Waals surface area contributed by atoms with Crippen LogP contribution >= 0.6 is 11.8 Å². The van der Waals surface area contributed by atoms with Crippen LogP contribution in [0.25, 0.3) is 0 Å². The molecule has 3 nitrogen and oxygen atoms in total. The standard InChI is InChI=1S/C10H14N2OS/c13-10(4-6-11-7-10)8-14-9-3-1-2-5-12-9/h1-3,5,11,13H,4,6-8H2/t10-/m0/s1. The van der Waals surface area contributed by atoms with Gasteiger partial charge in [-0.15, -0.1) is 11.8 Å². The highest BCUT2D eigenvalue weighted by molar-refractivity contribution is 7.99. The lowest BCUT2D eigenvalue weighted by Gasteiger charge is -2.19. The molecule has 1 aliphatic rings. The third-order valence-electron chi connectivity index (χ3n) is 2.35. The molecule has 1 aromatic rings. The predicted molar refractivity (Wildman–Crippen MR) is 57.4 cm³/mol. The maximum absolute atomic E-state index is 10.0. The minimum atomic E-state index is -0.539. The highest BCUT2D eigenvalue weighted by Crippen LogP contribution is 2.24. The van der Waals surface area contributed by atoms with E-state index in [2.05, 4.69) is 10.3 Å². The largest absolute Gasteiger partial charge is 0.388 e. The van der Waals surface area contributed by atoms with Gasteiger partial charge in [0, 0.05) is 18.5 Å². The van der Waals surface area contributed by atoms with Crippen molar-refractivity contribution >= 4 is 11.8 Å². The Morgan fingerprint density at radius 2 is 2.50 bits per heavy atom. The zero-order chi connectivity index (χ0) is 9.86. The molecule has 1 fully saturated rings. The van der Waals surface area contributed by atoms with E-state index in [-0.39, 0.29) is 0 Å². The van der Waals surface area contributed by atoms with Crippen LogP contribution < -0.4 is 5.32 Å². The van der Waals surface area contributed by atoms with Crippen LogP contribution in [0.1, 0.15) is 6.42 Å².